The molecule has 1 fully saturated rings. The van der Waals surface area contributed by atoms with Crippen LogP contribution in [0.2, 0.25) is 0 Å². The molecule has 0 aromatic rings. The fourth-order valence-electron chi connectivity index (χ4n) is 2.91. The van der Waals surface area contributed by atoms with Gasteiger partial charge < -0.3 is 5.32 Å². The van der Waals surface area contributed by atoms with Gasteiger partial charge in [-0.3, -0.25) is 0 Å². The van der Waals surface area contributed by atoms with Crippen molar-refractivity contribution in [1.82, 2.24) is 5.32 Å². The highest BCUT2D eigenvalue weighted by Crippen LogP contribution is 2.27. The van der Waals surface area contributed by atoms with Crippen LogP contribution in [0.5, 0.6) is 0 Å². The minimum Gasteiger partial charge on any atom is -0.314 e. The van der Waals surface area contributed by atoms with Crippen molar-refractivity contribution >= 4 is 0 Å². The smallest absolute Gasteiger partial charge is 0.00670 e. The van der Waals surface area contributed by atoms with Gasteiger partial charge in [0.05, 0.1) is 0 Å². The van der Waals surface area contributed by atoms with E-state index in [4.69, 9.17) is 0 Å². The van der Waals surface area contributed by atoms with Gasteiger partial charge in [-0.15, -0.1) is 0 Å². The van der Waals surface area contributed by atoms with Crippen LogP contribution >= 0.6 is 0 Å². The highest BCUT2D eigenvalue weighted by molar-refractivity contribution is 4.75. The zero-order valence-corrected chi connectivity index (χ0v) is 12.5. The Balaban J connectivity index is 2.18. The molecule has 1 aliphatic carbocycles. The molecule has 0 amide bonds. The Bertz CT molecular complexity index is 182. The molecule has 0 bridgehead atoms. The van der Waals surface area contributed by atoms with Crippen molar-refractivity contribution in [1.29, 1.82) is 0 Å². The molecule has 0 saturated heterocycles. The van der Waals surface area contributed by atoms with Crippen LogP contribution in [0.1, 0.15) is 72.6 Å². The average molecular weight is 239 g/mol. The second-order valence-corrected chi connectivity index (χ2v) is 6.39. The summed E-state index contributed by atoms with van der Waals surface area (Å²) in [5, 5.41) is 3.82. The first-order valence-corrected chi connectivity index (χ1v) is 7.89. The molecule has 17 heavy (non-hydrogen) atoms. The van der Waals surface area contributed by atoms with Gasteiger partial charge in [-0.25, -0.2) is 0 Å². The van der Waals surface area contributed by atoms with Crippen molar-refractivity contribution in [3.8, 4) is 0 Å². The van der Waals surface area contributed by atoms with Crippen LogP contribution < -0.4 is 5.32 Å². The van der Waals surface area contributed by atoms with Gasteiger partial charge in [0.1, 0.15) is 0 Å². The van der Waals surface area contributed by atoms with E-state index in [1.165, 1.54) is 51.5 Å². The lowest BCUT2D eigenvalue weighted by Crippen LogP contribution is -2.35. The molecule has 1 heteroatoms. The van der Waals surface area contributed by atoms with E-state index in [1.54, 1.807) is 0 Å². The summed E-state index contributed by atoms with van der Waals surface area (Å²) < 4.78 is 0. The lowest BCUT2D eigenvalue weighted by molar-refractivity contribution is 0.265. The molecule has 1 aliphatic rings. The third kappa shape index (κ3) is 5.90. The Morgan fingerprint density at radius 1 is 1.06 bits per heavy atom. The van der Waals surface area contributed by atoms with Gasteiger partial charge in [0.25, 0.3) is 0 Å². The second kappa shape index (κ2) is 8.13. The molecular weight excluding hydrogens is 206 g/mol. The number of rotatable bonds is 7. The first-order valence-electron chi connectivity index (χ1n) is 7.89. The van der Waals surface area contributed by atoms with Gasteiger partial charge in [0.2, 0.25) is 0 Å². The third-order valence-electron chi connectivity index (χ3n) is 4.71. The molecule has 0 aliphatic heterocycles. The fourth-order valence-corrected chi connectivity index (χ4v) is 2.91. The first-order chi connectivity index (χ1) is 8.15. The summed E-state index contributed by atoms with van der Waals surface area (Å²) in [4.78, 5) is 0. The molecule has 0 radical (unpaired) electrons. The van der Waals surface area contributed by atoms with E-state index in [0.29, 0.717) is 0 Å². The van der Waals surface area contributed by atoms with E-state index >= 15 is 0 Å². The lowest BCUT2D eigenvalue weighted by Gasteiger charge is -2.29. The van der Waals surface area contributed by atoms with Crippen LogP contribution in [-0.2, 0) is 0 Å². The summed E-state index contributed by atoms with van der Waals surface area (Å²) in [6.45, 7) is 10.7. The molecule has 1 nitrogen and oxygen atoms in total. The highest BCUT2D eigenvalue weighted by atomic mass is 14.9. The third-order valence-corrected chi connectivity index (χ3v) is 4.71. The van der Waals surface area contributed by atoms with Gasteiger partial charge in [0, 0.05) is 6.04 Å². The first kappa shape index (κ1) is 15.0. The normalized spacial score (nSPS) is 28.9. The van der Waals surface area contributed by atoms with Crippen molar-refractivity contribution in [2.24, 2.45) is 17.8 Å². The van der Waals surface area contributed by atoms with Crippen molar-refractivity contribution in [2.75, 3.05) is 6.54 Å². The monoisotopic (exact) mass is 239 g/mol. The van der Waals surface area contributed by atoms with Crippen molar-refractivity contribution in [2.45, 2.75) is 78.7 Å². The summed E-state index contributed by atoms with van der Waals surface area (Å²) in [7, 11) is 0. The summed E-state index contributed by atoms with van der Waals surface area (Å²) in [6, 6.07) is 0.754. The summed E-state index contributed by atoms with van der Waals surface area (Å²) in [5.41, 5.74) is 0. The van der Waals surface area contributed by atoms with Crippen LogP contribution in [0.25, 0.3) is 0 Å². The van der Waals surface area contributed by atoms with Crippen molar-refractivity contribution in [3.05, 3.63) is 0 Å². The fraction of sp³-hybridized carbons (Fsp3) is 1.00. The molecular formula is C16H33N. The standard InChI is InChI=1S/C16H33N/c1-5-13(3)11-16(6-2)17-12-15-9-7-14(4)8-10-15/h13-17H,5-12H2,1-4H3. The number of hydrogen-bond donors (Lipinski definition) is 1. The maximum Gasteiger partial charge on any atom is 0.00670 e. The molecule has 2 unspecified atom stereocenters. The maximum atomic E-state index is 3.82. The topological polar surface area (TPSA) is 12.0 Å². The SMILES string of the molecule is CCC(C)CC(CC)NCC1CCC(C)CC1. The van der Waals surface area contributed by atoms with E-state index in [0.717, 1.165) is 23.8 Å². The number of hydrogen-bond acceptors (Lipinski definition) is 1. The van der Waals surface area contributed by atoms with Gasteiger partial charge in [-0.05, 0) is 50.0 Å². The summed E-state index contributed by atoms with van der Waals surface area (Å²) >= 11 is 0. The Morgan fingerprint density at radius 2 is 1.71 bits per heavy atom. The summed E-state index contributed by atoms with van der Waals surface area (Å²) in [5.74, 6) is 2.81. The van der Waals surface area contributed by atoms with Crippen molar-refractivity contribution in [3.63, 3.8) is 0 Å². The van der Waals surface area contributed by atoms with Gasteiger partial charge in [-0.2, -0.15) is 0 Å². The van der Waals surface area contributed by atoms with E-state index in [9.17, 15) is 0 Å². The second-order valence-electron chi connectivity index (χ2n) is 6.39. The molecule has 0 heterocycles. The van der Waals surface area contributed by atoms with E-state index in [-0.39, 0.29) is 0 Å². The summed E-state index contributed by atoms with van der Waals surface area (Å²) in [6.07, 6.45) is 9.77. The molecule has 1 saturated carbocycles. The van der Waals surface area contributed by atoms with Crippen LogP contribution in [0, 0.1) is 17.8 Å². The molecule has 0 aromatic carbocycles. The number of nitrogens with one attached hydrogen (secondary N) is 1. The van der Waals surface area contributed by atoms with Crippen LogP contribution in [0.4, 0.5) is 0 Å². The predicted octanol–water partition coefficient (Wildman–Crippen LogP) is 4.62. The van der Waals surface area contributed by atoms with Crippen LogP contribution in [0.3, 0.4) is 0 Å². The lowest BCUT2D eigenvalue weighted by atomic mass is 9.83. The zero-order chi connectivity index (χ0) is 12.7. The zero-order valence-electron chi connectivity index (χ0n) is 12.5. The van der Waals surface area contributed by atoms with E-state index in [2.05, 4.69) is 33.0 Å². The molecule has 1 rings (SSSR count). The molecule has 2 atom stereocenters. The maximum absolute atomic E-state index is 3.82. The Labute approximate surface area is 109 Å². The van der Waals surface area contributed by atoms with Gasteiger partial charge >= 0.3 is 0 Å². The van der Waals surface area contributed by atoms with Gasteiger partial charge in [-0.1, -0.05) is 47.0 Å². The van der Waals surface area contributed by atoms with Crippen LogP contribution in [-0.4, -0.2) is 12.6 Å². The van der Waals surface area contributed by atoms with Gasteiger partial charge in [0.15, 0.2) is 0 Å². The minimum absolute atomic E-state index is 0.754. The average Bonchev–Trinajstić information content (AvgIpc) is 2.36. The molecule has 0 aromatic heterocycles. The Kier molecular flexibility index (Phi) is 7.18. The Hall–Kier alpha value is -0.0400. The Morgan fingerprint density at radius 3 is 2.24 bits per heavy atom. The molecule has 102 valence electrons. The molecule has 1 N–H and O–H groups in total. The quantitative estimate of drug-likeness (QED) is 0.683. The van der Waals surface area contributed by atoms with Crippen LogP contribution in [0.15, 0.2) is 0 Å². The highest BCUT2D eigenvalue weighted by Gasteiger charge is 2.19. The largest absolute Gasteiger partial charge is 0.314 e. The minimum atomic E-state index is 0.754. The van der Waals surface area contributed by atoms with E-state index < -0.39 is 0 Å². The predicted molar refractivity (Wildman–Crippen MR) is 77.3 cm³/mol. The molecule has 0 spiro atoms. The van der Waals surface area contributed by atoms with Crippen molar-refractivity contribution < 1.29 is 0 Å². The van der Waals surface area contributed by atoms with E-state index in [1.807, 2.05) is 0 Å².